The number of aryl methyl sites for hydroxylation is 1. The van der Waals surface area contributed by atoms with Gasteiger partial charge in [0.2, 0.25) is 11.8 Å². The molecule has 0 atom stereocenters. The molecule has 0 bridgehead atoms. The van der Waals surface area contributed by atoms with Crippen molar-refractivity contribution in [2.24, 2.45) is 0 Å². The highest BCUT2D eigenvalue weighted by Gasteiger charge is 2.07. The van der Waals surface area contributed by atoms with Crippen molar-refractivity contribution in [3.05, 3.63) is 43.3 Å². The van der Waals surface area contributed by atoms with Gasteiger partial charge in [0.1, 0.15) is 6.54 Å². The Morgan fingerprint density at radius 2 is 2.25 bits per heavy atom. The van der Waals surface area contributed by atoms with Crippen LogP contribution in [0.15, 0.2) is 24.7 Å². The molecule has 0 aliphatic rings. The first-order valence-electron chi connectivity index (χ1n) is 4.34. The van der Waals surface area contributed by atoms with Gasteiger partial charge >= 0.3 is 5.69 Å². The molecule has 0 radical (unpaired) electrons. The Morgan fingerprint density at radius 3 is 2.88 bits per heavy atom. The van der Waals surface area contributed by atoms with Crippen molar-refractivity contribution in [3.63, 3.8) is 0 Å². The molecule has 7 nitrogen and oxygen atoms in total. The van der Waals surface area contributed by atoms with Gasteiger partial charge in [-0.15, -0.1) is 10.2 Å². The number of nitrogens with one attached hydrogen (secondary N) is 1. The van der Waals surface area contributed by atoms with Crippen molar-refractivity contribution in [3.8, 4) is 0 Å². The minimum atomic E-state index is -0.524. The van der Waals surface area contributed by atoms with Crippen LogP contribution in [0.2, 0.25) is 0 Å². The summed E-state index contributed by atoms with van der Waals surface area (Å²) in [7, 11) is 0. The number of aromatic nitrogens is 4. The van der Waals surface area contributed by atoms with Crippen molar-refractivity contribution in [2.75, 3.05) is 0 Å². The zero-order chi connectivity index (χ0) is 11.7. The Morgan fingerprint density at radius 1 is 1.50 bits per heavy atom. The number of halogens is 1. The minimum absolute atomic E-state index is 0.120. The standard InChI is InChI=1S/C8H7BrN4O3/c1-4-11-12-6(16-4)3-13-2-5(9)7(14)10-8(13)15/h2H,3H2,1H3,(H,10,14,15). The van der Waals surface area contributed by atoms with E-state index >= 15 is 0 Å². The van der Waals surface area contributed by atoms with Crippen LogP contribution >= 0.6 is 15.9 Å². The van der Waals surface area contributed by atoms with E-state index in [0.29, 0.717) is 11.8 Å². The molecule has 0 spiro atoms. The topological polar surface area (TPSA) is 93.8 Å². The summed E-state index contributed by atoms with van der Waals surface area (Å²) in [6.45, 7) is 1.77. The molecule has 2 rings (SSSR count). The number of hydrogen-bond acceptors (Lipinski definition) is 5. The fourth-order valence-electron chi connectivity index (χ4n) is 1.15. The maximum absolute atomic E-state index is 11.4. The van der Waals surface area contributed by atoms with E-state index < -0.39 is 11.2 Å². The van der Waals surface area contributed by atoms with Gasteiger partial charge in [0.15, 0.2) is 0 Å². The van der Waals surface area contributed by atoms with Crippen molar-refractivity contribution >= 4 is 15.9 Å². The van der Waals surface area contributed by atoms with Gasteiger partial charge in [-0.3, -0.25) is 14.3 Å². The molecule has 16 heavy (non-hydrogen) atoms. The largest absolute Gasteiger partial charge is 0.424 e. The van der Waals surface area contributed by atoms with Crippen LogP contribution < -0.4 is 11.2 Å². The van der Waals surface area contributed by atoms with E-state index in [1.165, 1.54) is 10.8 Å². The number of nitrogens with zero attached hydrogens (tertiary/aromatic N) is 3. The monoisotopic (exact) mass is 286 g/mol. The molecule has 0 fully saturated rings. The normalized spacial score (nSPS) is 10.6. The van der Waals surface area contributed by atoms with Crippen molar-refractivity contribution in [1.29, 1.82) is 0 Å². The molecule has 0 aromatic carbocycles. The number of rotatable bonds is 2. The van der Waals surface area contributed by atoms with Gasteiger partial charge in [0, 0.05) is 13.1 Å². The number of aromatic amines is 1. The molecule has 2 heterocycles. The summed E-state index contributed by atoms with van der Waals surface area (Å²) in [5.41, 5.74) is -0.994. The first-order valence-corrected chi connectivity index (χ1v) is 5.14. The summed E-state index contributed by atoms with van der Waals surface area (Å²) in [5.74, 6) is 0.727. The molecule has 0 saturated carbocycles. The molecule has 0 aliphatic heterocycles. The summed E-state index contributed by atoms with van der Waals surface area (Å²) in [4.78, 5) is 24.6. The molecule has 2 aromatic heterocycles. The first kappa shape index (κ1) is 10.8. The number of H-pyrrole nitrogens is 1. The van der Waals surface area contributed by atoms with Gasteiger partial charge in [0.25, 0.3) is 5.56 Å². The Hall–Kier alpha value is -1.70. The van der Waals surface area contributed by atoms with Crippen molar-refractivity contribution in [2.45, 2.75) is 13.5 Å². The van der Waals surface area contributed by atoms with Crippen LogP contribution in [0.3, 0.4) is 0 Å². The van der Waals surface area contributed by atoms with Crippen LogP contribution in [0.1, 0.15) is 11.8 Å². The third-order valence-corrected chi connectivity index (χ3v) is 2.41. The molecule has 0 saturated heterocycles. The van der Waals surface area contributed by atoms with Gasteiger partial charge in [0.05, 0.1) is 4.47 Å². The minimum Gasteiger partial charge on any atom is -0.424 e. The van der Waals surface area contributed by atoms with E-state index in [-0.39, 0.29) is 11.0 Å². The molecule has 0 amide bonds. The maximum atomic E-state index is 11.4. The highest BCUT2D eigenvalue weighted by Crippen LogP contribution is 2.02. The fraction of sp³-hybridized carbons (Fsp3) is 0.250. The fourth-order valence-corrected chi connectivity index (χ4v) is 1.49. The molecule has 0 unspecified atom stereocenters. The Labute approximate surface area is 97.3 Å². The SMILES string of the molecule is Cc1nnc(Cn2cc(Br)c(=O)[nH]c2=O)o1. The van der Waals surface area contributed by atoms with Crippen LogP contribution in [0.25, 0.3) is 0 Å². The summed E-state index contributed by atoms with van der Waals surface area (Å²) in [6, 6.07) is 0. The van der Waals surface area contributed by atoms with Gasteiger partial charge in [-0.05, 0) is 15.9 Å². The average Bonchev–Trinajstić information content (AvgIpc) is 2.60. The van der Waals surface area contributed by atoms with Gasteiger partial charge in [-0.2, -0.15) is 0 Å². The Kier molecular flexibility index (Phi) is 2.73. The van der Waals surface area contributed by atoms with E-state index in [1.54, 1.807) is 6.92 Å². The lowest BCUT2D eigenvalue weighted by molar-refractivity contribution is 0.449. The van der Waals surface area contributed by atoms with Crippen LogP contribution in [-0.2, 0) is 6.54 Å². The second kappa shape index (κ2) is 4.05. The molecule has 84 valence electrons. The Bertz CT molecular complexity index is 627. The predicted octanol–water partition coefficient (Wildman–Crippen LogP) is 0.0388. The highest BCUT2D eigenvalue weighted by atomic mass is 79.9. The van der Waals surface area contributed by atoms with Gasteiger partial charge < -0.3 is 4.42 Å². The highest BCUT2D eigenvalue weighted by molar-refractivity contribution is 9.10. The first-order chi connectivity index (χ1) is 7.56. The summed E-state index contributed by atoms with van der Waals surface area (Å²) in [5, 5.41) is 7.39. The molecule has 8 heteroatoms. The zero-order valence-corrected chi connectivity index (χ0v) is 9.81. The maximum Gasteiger partial charge on any atom is 0.328 e. The van der Waals surface area contributed by atoms with E-state index in [4.69, 9.17) is 4.42 Å². The van der Waals surface area contributed by atoms with E-state index in [1.807, 2.05) is 0 Å². The average molecular weight is 287 g/mol. The summed E-state index contributed by atoms with van der Waals surface area (Å²) >= 11 is 3.03. The summed E-state index contributed by atoms with van der Waals surface area (Å²) < 4.78 is 6.65. The van der Waals surface area contributed by atoms with E-state index in [9.17, 15) is 9.59 Å². The lowest BCUT2D eigenvalue weighted by Crippen LogP contribution is -2.30. The van der Waals surface area contributed by atoms with Gasteiger partial charge in [-0.25, -0.2) is 4.79 Å². The van der Waals surface area contributed by atoms with E-state index in [2.05, 4.69) is 31.1 Å². The molecule has 2 aromatic rings. The smallest absolute Gasteiger partial charge is 0.328 e. The van der Waals surface area contributed by atoms with Crippen LogP contribution in [-0.4, -0.2) is 19.7 Å². The Balaban J connectivity index is 2.39. The van der Waals surface area contributed by atoms with Crippen LogP contribution in [0.4, 0.5) is 0 Å². The van der Waals surface area contributed by atoms with Crippen molar-refractivity contribution < 1.29 is 4.42 Å². The van der Waals surface area contributed by atoms with Crippen molar-refractivity contribution in [1.82, 2.24) is 19.7 Å². The predicted molar refractivity (Wildman–Crippen MR) is 57.2 cm³/mol. The lowest BCUT2D eigenvalue weighted by Gasteiger charge is -2.00. The second-order valence-corrected chi connectivity index (χ2v) is 3.93. The third kappa shape index (κ3) is 2.11. The zero-order valence-electron chi connectivity index (χ0n) is 8.23. The van der Waals surface area contributed by atoms with Gasteiger partial charge in [-0.1, -0.05) is 0 Å². The molecule has 0 aliphatic carbocycles. The number of hydrogen-bond donors (Lipinski definition) is 1. The molecular formula is C8H7BrN4O3. The van der Waals surface area contributed by atoms with E-state index in [0.717, 1.165) is 0 Å². The van der Waals surface area contributed by atoms with Crippen LogP contribution in [0.5, 0.6) is 0 Å². The summed E-state index contributed by atoms with van der Waals surface area (Å²) in [6.07, 6.45) is 1.38. The molecular weight excluding hydrogens is 280 g/mol. The van der Waals surface area contributed by atoms with Crippen LogP contribution in [0, 0.1) is 6.92 Å². The third-order valence-electron chi connectivity index (χ3n) is 1.84. The second-order valence-electron chi connectivity index (χ2n) is 3.08. The molecule has 1 N–H and O–H groups in total. The lowest BCUT2D eigenvalue weighted by atomic mass is 10.5. The quantitative estimate of drug-likeness (QED) is 0.841.